The maximum absolute atomic E-state index is 13.0. The van der Waals surface area contributed by atoms with Crippen LogP contribution in [-0.4, -0.2) is 75.3 Å². The van der Waals surface area contributed by atoms with Crippen molar-refractivity contribution in [1.82, 2.24) is 24.8 Å². The van der Waals surface area contributed by atoms with Gasteiger partial charge in [-0.1, -0.05) is 6.07 Å². The molecule has 2 aromatic heterocycles. The normalized spacial score (nSPS) is 10.7. The van der Waals surface area contributed by atoms with Crippen molar-refractivity contribution in [3.63, 3.8) is 0 Å². The number of aryl methyl sites for hydroxylation is 2. The summed E-state index contributed by atoms with van der Waals surface area (Å²) >= 11 is 0. The van der Waals surface area contributed by atoms with Crippen LogP contribution in [0.25, 0.3) is 5.52 Å². The van der Waals surface area contributed by atoms with Crippen LogP contribution in [0, 0.1) is 13.8 Å². The van der Waals surface area contributed by atoms with E-state index in [4.69, 9.17) is 9.84 Å². The van der Waals surface area contributed by atoms with Gasteiger partial charge in [-0.15, -0.1) is 0 Å². The van der Waals surface area contributed by atoms with Crippen molar-refractivity contribution < 1.29 is 38.6 Å². The van der Waals surface area contributed by atoms with Gasteiger partial charge in [0.1, 0.15) is 11.8 Å². The Kier molecular flexibility index (Phi) is 8.37. The van der Waals surface area contributed by atoms with E-state index in [1.54, 1.807) is 25.1 Å². The molecule has 0 spiro atoms. The predicted molar refractivity (Wildman–Crippen MR) is 132 cm³/mol. The van der Waals surface area contributed by atoms with Gasteiger partial charge in [-0.05, 0) is 37.1 Å². The number of imide groups is 1. The van der Waals surface area contributed by atoms with Gasteiger partial charge in [0.2, 0.25) is 6.79 Å². The van der Waals surface area contributed by atoms with Gasteiger partial charge in [0.25, 0.3) is 11.8 Å². The van der Waals surface area contributed by atoms with E-state index in [9.17, 15) is 24.0 Å². The maximum Gasteiger partial charge on any atom is 0.419 e. The minimum absolute atomic E-state index is 0.130. The molecule has 0 aliphatic carbocycles. The van der Waals surface area contributed by atoms with E-state index in [1.165, 1.54) is 31.1 Å². The van der Waals surface area contributed by atoms with Crippen LogP contribution in [0.1, 0.15) is 31.8 Å². The zero-order chi connectivity index (χ0) is 28.0. The summed E-state index contributed by atoms with van der Waals surface area (Å²) in [4.78, 5) is 64.1. The summed E-state index contributed by atoms with van der Waals surface area (Å²) in [7, 11) is 2.71. The largest absolute Gasteiger partial charge is 0.478 e. The first kappa shape index (κ1) is 27.3. The molecule has 2 heterocycles. The molecule has 198 valence electrons. The molecule has 0 aliphatic rings. The molecule has 38 heavy (non-hydrogen) atoms. The van der Waals surface area contributed by atoms with E-state index in [2.05, 4.69) is 25.5 Å². The number of carboxylic acids is 1. The molecule has 14 heteroatoms. The van der Waals surface area contributed by atoms with Gasteiger partial charge in [-0.2, -0.15) is 5.10 Å². The molecule has 0 saturated heterocycles. The lowest BCUT2D eigenvalue weighted by Gasteiger charge is -2.15. The molecule has 0 bridgehead atoms. The number of ether oxygens (including phenoxy) is 2. The molecule has 0 fully saturated rings. The average molecular weight is 524 g/mol. The topological polar surface area (TPSA) is 182 Å². The number of carbonyl (C=O) groups excluding carboxylic acids is 4. The lowest BCUT2D eigenvalue weighted by Crippen LogP contribution is -2.34. The van der Waals surface area contributed by atoms with E-state index in [0.717, 1.165) is 5.56 Å². The first-order valence-corrected chi connectivity index (χ1v) is 11.0. The molecule has 0 radical (unpaired) electrons. The fraction of sp³-hybridized carbons (Fsp3) is 0.208. The van der Waals surface area contributed by atoms with Crippen LogP contribution in [0.4, 0.5) is 16.3 Å². The first-order valence-electron chi connectivity index (χ1n) is 11.0. The van der Waals surface area contributed by atoms with Gasteiger partial charge in [-0.3, -0.25) is 9.59 Å². The van der Waals surface area contributed by atoms with Crippen molar-refractivity contribution >= 4 is 46.9 Å². The Balaban J connectivity index is 1.79. The summed E-state index contributed by atoms with van der Waals surface area (Å²) in [6.07, 6.45) is 2.81. The summed E-state index contributed by atoms with van der Waals surface area (Å²) in [5, 5.41) is 18.4. The second-order valence-electron chi connectivity index (χ2n) is 7.83. The third-order valence-corrected chi connectivity index (χ3v) is 5.36. The number of hydrogen-bond donors (Lipinski definition) is 3. The zero-order valence-electron chi connectivity index (χ0n) is 20.8. The fourth-order valence-corrected chi connectivity index (χ4v) is 3.32. The Bertz CT molecular complexity index is 1460. The number of carbonyl (C=O) groups is 5. The molecule has 0 aliphatic heterocycles. The molecular weight excluding hydrogens is 500 g/mol. The maximum atomic E-state index is 13.0. The highest BCUT2D eigenvalue weighted by Crippen LogP contribution is 2.28. The standard InChI is InChI=1S/C24H24N6O8/c1-13-5-6-15(22(34)25-3)9-17(13)28-21-20-14(2)16(10-30(20)27-11-26-21)23(35)29(4)24(36)38-12-37-19(33)8-7-18(31)32/h5-11H,12H2,1-4H3,(H,25,34)(H,31,32)(H,26,27,28)/b8-7+. The molecule has 3 N–H and O–H groups in total. The van der Waals surface area contributed by atoms with Crippen molar-refractivity contribution in [1.29, 1.82) is 0 Å². The third kappa shape index (κ3) is 6.10. The number of nitrogens with one attached hydrogen (secondary N) is 2. The van der Waals surface area contributed by atoms with Crippen molar-refractivity contribution in [2.75, 3.05) is 26.2 Å². The Morgan fingerprint density at radius 3 is 2.55 bits per heavy atom. The van der Waals surface area contributed by atoms with Crippen molar-refractivity contribution in [2.24, 2.45) is 0 Å². The summed E-state index contributed by atoms with van der Waals surface area (Å²) in [6.45, 7) is 2.68. The summed E-state index contributed by atoms with van der Waals surface area (Å²) < 4.78 is 10.7. The number of anilines is 2. The Morgan fingerprint density at radius 1 is 1.13 bits per heavy atom. The van der Waals surface area contributed by atoms with Crippen LogP contribution in [0.3, 0.4) is 0 Å². The molecule has 0 unspecified atom stereocenters. The smallest absolute Gasteiger partial charge is 0.419 e. The Labute approximate surface area is 215 Å². The number of amides is 3. The van der Waals surface area contributed by atoms with E-state index in [0.29, 0.717) is 45.2 Å². The summed E-state index contributed by atoms with van der Waals surface area (Å²) in [5.41, 5.74) is 2.96. The number of hydrogen-bond acceptors (Lipinski definition) is 10. The van der Waals surface area contributed by atoms with E-state index in [-0.39, 0.29) is 11.5 Å². The van der Waals surface area contributed by atoms with Crippen LogP contribution in [-0.2, 0) is 19.1 Å². The number of esters is 1. The monoisotopic (exact) mass is 524 g/mol. The number of aromatic nitrogens is 3. The molecule has 14 nitrogen and oxygen atoms in total. The minimum Gasteiger partial charge on any atom is -0.478 e. The number of nitrogens with zero attached hydrogens (tertiary/aromatic N) is 4. The highest BCUT2D eigenvalue weighted by Gasteiger charge is 2.25. The van der Waals surface area contributed by atoms with Gasteiger partial charge in [0.05, 0.1) is 5.56 Å². The number of aliphatic carboxylic acids is 1. The van der Waals surface area contributed by atoms with Gasteiger partial charge in [0, 0.05) is 43.7 Å². The molecule has 0 atom stereocenters. The van der Waals surface area contributed by atoms with E-state index < -0.39 is 30.7 Å². The highest BCUT2D eigenvalue weighted by atomic mass is 16.7. The van der Waals surface area contributed by atoms with Gasteiger partial charge < -0.3 is 25.2 Å². The molecule has 3 amide bonds. The first-order chi connectivity index (χ1) is 18.0. The zero-order valence-corrected chi connectivity index (χ0v) is 20.8. The van der Waals surface area contributed by atoms with E-state index >= 15 is 0 Å². The number of rotatable bonds is 8. The molecular formula is C24H24N6O8. The van der Waals surface area contributed by atoms with Crippen LogP contribution in [0.2, 0.25) is 0 Å². The SMILES string of the molecule is CNC(=O)c1ccc(C)c(Nc2ncnn3cc(C(=O)N(C)C(=O)OCOC(=O)/C=C/C(=O)O)c(C)c23)c1. The van der Waals surface area contributed by atoms with Crippen molar-refractivity contribution in [3.05, 3.63) is 65.1 Å². The van der Waals surface area contributed by atoms with Crippen LogP contribution >= 0.6 is 0 Å². The second kappa shape index (κ2) is 11.6. The number of carboxylic acid groups (broad SMARTS) is 1. The molecule has 3 rings (SSSR count). The van der Waals surface area contributed by atoms with Gasteiger partial charge in [-0.25, -0.2) is 28.8 Å². The Morgan fingerprint density at radius 2 is 1.87 bits per heavy atom. The Hall–Kier alpha value is -5.27. The van der Waals surface area contributed by atoms with Crippen molar-refractivity contribution in [2.45, 2.75) is 13.8 Å². The summed E-state index contributed by atoms with van der Waals surface area (Å²) in [5.74, 6) is -3.01. The summed E-state index contributed by atoms with van der Waals surface area (Å²) in [6, 6.07) is 5.15. The van der Waals surface area contributed by atoms with E-state index in [1.807, 2.05) is 6.92 Å². The second-order valence-corrected chi connectivity index (χ2v) is 7.83. The fourth-order valence-electron chi connectivity index (χ4n) is 3.32. The average Bonchev–Trinajstić information content (AvgIpc) is 3.24. The van der Waals surface area contributed by atoms with Crippen LogP contribution in [0.5, 0.6) is 0 Å². The number of fused-ring (bicyclic) bond motifs is 1. The van der Waals surface area contributed by atoms with Crippen LogP contribution < -0.4 is 10.6 Å². The predicted octanol–water partition coefficient (Wildman–Crippen LogP) is 1.80. The van der Waals surface area contributed by atoms with Gasteiger partial charge in [0.15, 0.2) is 5.82 Å². The molecule has 3 aromatic rings. The van der Waals surface area contributed by atoms with Crippen LogP contribution in [0.15, 0.2) is 42.9 Å². The van der Waals surface area contributed by atoms with Gasteiger partial charge >= 0.3 is 18.0 Å². The number of benzene rings is 1. The lowest BCUT2D eigenvalue weighted by molar-refractivity contribution is -0.146. The molecule has 1 aromatic carbocycles. The molecule has 0 saturated carbocycles. The third-order valence-electron chi connectivity index (χ3n) is 5.36. The van der Waals surface area contributed by atoms with Crippen molar-refractivity contribution in [3.8, 4) is 0 Å². The quantitative estimate of drug-likeness (QED) is 0.222. The lowest BCUT2D eigenvalue weighted by atomic mass is 10.1. The minimum atomic E-state index is -1.35. The highest BCUT2D eigenvalue weighted by molar-refractivity contribution is 6.05.